The Morgan fingerprint density at radius 2 is 1.80 bits per heavy atom. The van der Waals surface area contributed by atoms with Crippen LogP contribution in [0.2, 0.25) is 0 Å². The number of benzene rings is 1. The Kier molecular flexibility index (Phi) is 7.75. The highest BCUT2D eigenvalue weighted by Crippen LogP contribution is 2.51. The fourth-order valence-corrected chi connectivity index (χ4v) is 6.77. The number of alkyl halides is 3. The van der Waals surface area contributed by atoms with Crippen LogP contribution in [0.5, 0.6) is 0 Å². The standard InChI is InChI=1S/C31H35F3N6O4/c1-3-14-39-27(41)24-26(38(4-2)29(39)43)36-25(40(24)19-44-28(42)30-11-8-20(9-12-30)10-13-30)22-16-35-37(18-22)17-21-6-5-7-23(15-21)31(32,33)34/h5-7,15-16,18,20H,3-4,8-14,17,19H2,1-2H3. The summed E-state index contributed by atoms with van der Waals surface area (Å²) in [6.07, 6.45) is 4.57. The molecule has 0 N–H and O–H groups in total. The van der Waals surface area contributed by atoms with Crippen molar-refractivity contribution in [3.05, 3.63) is 68.6 Å². The molecule has 3 saturated carbocycles. The van der Waals surface area contributed by atoms with Gasteiger partial charge in [-0.25, -0.2) is 9.78 Å². The molecule has 4 aromatic rings. The first-order valence-electron chi connectivity index (χ1n) is 15.1. The van der Waals surface area contributed by atoms with Gasteiger partial charge in [-0.2, -0.15) is 18.3 Å². The zero-order valence-corrected chi connectivity index (χ0v) is 24.8. The second kappa shape index (κ2) is 11.4. The normalized spacial score (nSPS) is 20.0. The van der Waals surface area contributed by atoms with E-state index in [1.165, 1.54) is 30.6 Å². The molecule has 0 atom stereocenters. The highest BCUT2D eigenvalue weighted by atomic mass is 19.4. The Balaban J connectivity index is 1.40. The highest BCUT2D eigenvalue weighted by molar-refractivity contribution is 5.79. The molecule has 3 aromatic heterocycles. The van der Waals surface area contributed by atoms with E-state index >= 15 is 0 Å². The van der Waals surface area contributed by atoms with Gasteiger partial charge in [0.05, 0.1) is 29.3 Å². The number of hydrogen-bond donors (Lipinski definition) is 0. The molecule has 0 aliphatic heterocycles. The summed E-state index contributed by atoms with van der Waals surface area (Å²) in [6.45, 7) is 3.91. The Morgan fingerprint density at radius 3 is 2.45 bits per heavy atom. The summed E-state index contributed by atoms with van der Waals surface area (Å²) >= 11 is 0. The number of ether oxygens (including phenoxy) is 1. The summed E-state index contributed by atoms with van der Waals surface area (Å²) in [6, 6.07) is 5.02. The van der Waals surface area contributed by atoms with Crippen LogP contribution in [0.3, 0.4) is 0 Å². The summed E-state index contributed by atoms with van der Waals surface area (Å²) in [5.41, 5.74) is -1.11. The van der Waals surface area contributed by atoms with E-state index in [2.05, 4.69) is 5.10 Å². The van der Waals surface area contributed by atoms with Crippen LogP contribution in [0, 0.1) is 11.3 Å². The number of aryl methyl sites for hydroxylation is 1. The first-order chi connectivity index (χ1) is 21.0. The summed E-state index contributed by atoms with van der Waals surface area (Å²) in [5, 5.41) is 4.34. The van der Waals surface area contributed by atoms with Crippen LogP contribution in [-0.4, -0.2) is 34.4 Å². The van der Waals surface area contributed by atoms with Gasteiger partial charge in [-0.3, -0.25) is 28.0 Å². The Hall–Kier alpha value is -4.16. The second-order valence-corrected chi connectivity index (χ2v) is 12.0. The third kappa shape index (κ3) is 5.26. The quantitative estimate of drug-likeness (QED) is 0.241. The lowest BCUT2D eigenvalue weighted by atomic mass is 9.61. The van der Waals surface area contributed by atoms with Crippen molar-refractivity contribution in [1.82, 2.24) is 28.5 Å². The van der Waals surface area contributed by atoms with Gasteiger partial charge in [0.1, 0.15) is 5.82 Å². The predicted molar refractivity (Wildman–Crippen MR) is 156 cm³/mol. The lowest BCUT2D eigenvalue weighted by Gasteiger charge is -2.44. The molecule has 2 bridgehead atoms. The van der Waals surface area contributed by atoms with Crippen LogP contribution in [0.4, 0.5) is 13.2 Å². The van der Waals surface area contributed by atoms with Crippen molar-refractivity contribution in [2.45, 2.75) is 91.3 Å². The molecule has 3 heterocycles. The molecule has 3 aliphatic rings. The predicted octanol–water partition coefficient (Wildman–Crippen LogP) is 5.19. The van der Waals surface area contributed by atoms with Crippen LogP contribution in [0.25, 0.3) is 22.6 Å². The van der Waals surface area contributed by atoms with Gasteiger partial charge in [-0.05, 0) is 75.5 Å². The molecule has 0 unspecified atom stereocenters. The van der Waals surface area contributed by atoms with E-state index in [4.69, 9.17) is 9.72 Å². The number of carbonyl (C=O) groups excluding carboxylic acids is 1. The average Bonchev–Trinajstić information content (AvgIpc) is 3.63. The fourth-order valence-electron chi connectivity index (χ4n) is 6.77. The Morgan fingerprint density at radius 1 is 1.07 bits per heavy atom. The van der Waals surface area contributed by atoms with E-state index in [0.29, 0.717) is 23.5 Å². The first kappa shape index (κ1) is 29.9. The third-order valence-corrected chi connectivity index (χ3v) is 9.22. The van der Waals surface area contributed by atoms with Gasteiger partial charge in [0.25, 0.3) is 5.56 Å². The number of aromatic nitrogens is 6. The van der Waals surface area contributed by atoms with Crippen LogP contribution in [0.1, 0.15) is 69.9 Å². The maximum absolute atomic E-state index is 13.7. The second-order valence-electron chi connectivity index (χ2n) is 12.0. The molecule has 0 radical (unpaired) electrons. The number of rotatable bonds is 9. The smallest absolute Gasteiger partial charge is 0.416 e. The molecule has 3 fully saturated rings. The number of esters is 1. The van der Waals surface area contributed by atoms with Gasteiger partial charge >= 0.3 is 17.8 Å². The van der Waals surface area contributed by atoms with Crippen LogP contribution >= 0.6 is 0 Å². The Bertz CT molecular complexity index is 1810. The van der Waals surface area contributed by atoms with Crippen molar-refractivity contribution in [3.8, 4) is 11.4 Å². The SMILES string of the molecule is CCCn1c(=O)c2c(nc(-c3cnn(Cc4cccc(C(F)(F)F)c4)c3)n2COC(=O)C23CCC(CC2)CC3)n(CC)c1=O. The van der Waals surface area contributed by atoms with Crippen LogP contribution < -0.4 is 11.2 Å². The van der Waals surface area contributed by atoms with Crippen molar-refractivity contribution >= 4 is 17.1 Å². The highest BCUT2D eigenvalue weighted by Gasteiger charge is 2.47. The maximum atomic E-state index is 13.7. The average molecular weight is 613 g/mol. The van der Waals surface area contributed by atoms with Gasteiger partial charge < -0.3 is 4.74 Å². The van der Waals surface area contributed by atoms with Crippen molar-refractivity contribution in [3.63, 3.8) is 0 Å². The summed E-state index contributed by atoms with van der Waals surface area (Å²) in [4.78, 5) is 45.2. The van der Waals surface area contributed by atoms with E-state index in [-0.39, 0.29) is 49.3 Å². The first-order valence-corrected chi connectivity index (χ1v) is 15.1. The summed E-state index contributed by atoms with van der Waals surface area (Å²) in [7, 11) is 0. The molecule has 234 valence electrons. The van der Waals surface area contributed by atoms with E-state index in [1.807, 2.05) is 6.92 Å². The van der Waals surface area contributed by atoms with Gasteiger partial charge in [-0.15, -0.1) is 0 Å². The Labute approximate surface area is 251 Å². The molecule has 7 rings (SSSR count). The number of carbonyl (C=O) groups is 1. The zero-order chi connectivity index (χ0) is 31.2. The monoisotopic (exact) mass is 612 g/mol. The van der Waals surface area contributed by atoms with Gasteiger partial charge in [-0.1, -0.05) is 19.1 Å². The van der Waals surface area contributed by atoms with E-state index in [9.17, 15) is 27.6 Å². The molecule has 1 aromatic carbocycles. The lowest BCUT2D eigenvalue weighted by Crippen LogP contribution is -2.42. The molecule has 3 aliphatic carbocycles. The molecule has 13 heteroatoms. The number of fused-ring (bicyclic) bond motifs is 4. The minimum Gasteiger partial charge on any atom is -0.443 e. The molecule has 10 nitrogen and oxygen atoms in total. The van der Waals surface area contributed by atoms with Gasteiger partial charge in [0.2, 0.25) is 0 Å². The van der Waals surface area contributed by atoms with Crippen molar-refractivity contribution in [2.75, 3.05) is 0 Å². The molecule has 0 amide bonds. The van der Waals surface area contributed by atoms with Crippen molar-refractivity contribution in [1.29, 1.82) is 0 Å². The largest absolute Gasteiger partial charge is 0.443 e. The molecule has 44 heavy (non-hydrogen) atoms. The number of nitrogens with zero attached hydrogens (tertiary/aromatic N) is 6. The van der Waals surface area contributed by atoms with Gasteiger partial charge in [0, 0.05) is 19.3 Å². The van der Waals surface area contributed by atoms with E-state index in [1.54, 1.807) is 19.2 Å². The van der Waals surface area contributed by atoms with Gasteiger partial charge in [0.15, 0.2) is 17.9 Å². The number of hydrogen-bond acceptors (Lipinski definition) is 6. The van der Waals surface area contributed by atoms with E-state index in [0.717, 1.165) is 50.7 Å². The molecular formula is C31H35F3N6O4. The van der Waals surface area contributed by atoms with E-state index < -0.39 is 28.4 Å². The molecule has 0 saturated heterocycles. The third-order valence-electron chi connectivity index (χ3n) is 9.22. The maximum Gasteiger partial charge on any atom is 0.416 e. The zero-order valence-electron chi connectivity index (χ0n) is 24.8. The molecular weight excluding hydrogens is 577 g/mol. The van der Waals surface area contributed by atoms with Crippen molar-refractivity contribution in [2.24, 2.45) is 11.3 Å². The summed E-state index contributed by atoms with van der Waals surface area (Å²) < 4.78 is 51.3. The van der Waals surface area contributed by atoms with Crippen LogP contribution in [0.15, 0.2) is 46.2 Å². The van der Waals surface area contributed by atoms with Crippen LogP contribution in [-0.2, 0) is 42.1 Å². The topological polar surface area (TPSA) is 106 Å². The summed E-state index contributed by atoms with van der Waals surface area (Å²) in [5.74, 6) is 0.645. The number of halogens is 3. The lowest BCUT2D eigenvalue weighted by molar-refractivity contribution is -0.166. The minimum absolute atomic E-state index is 0.0611. The molecule has 0 spiro atoms. The number of imidazole rings is 1. The fraction of sp³-hybridized carbons (Fsp3) is 0.516. The minimum atomic E-state index is -4.47. The van der Waals surface area contributed by atoms with Crippen molar-refractivity contribution < 1.29 is 22.7 Å².